The lowest BCUT2D eigenvalue weighted by Gasteiger charge is -2.55. The van der Waals surface area contributed by atoms with Gasteiger partial charge in [-0.1, -0.05) is 13.3 Å². The van der Waals surface area contributed by atoms with E-state index in [2.05, 4.69) is 6.92 Å². The first-order chi connectivity index (χ1) is 12.5. The maximum absolute atomic E-state index is 13.5. The van der Waals surface area contributed by atoms with E-state index in [-0.39, 0.29) is 17.3 Å². The summed E-state index contributed by atoms with van der Waals surface area (Å²) >= 11 is 0. The van der Waals surface area contributed by atoms with Crippen LogP contribution < -0.4 is 0 Å². The van der Waals surface area contributed by atoms with Crippen molar-refractivity contribution in [2.75, 3.05) is 19.8 Å². The number of hydrogen-bond donors (Lipinski definition) is 0. The number of halogens is 3. The first-order valence-corrected chi connectivity index (χ1v) is 9.53. The van der Waals surface area contributed by atoms with Gasteiger partial charge in [-0.25, -0.2) is 13.2 Å². The van der Waals surface area contributed by atoms with Crippen molar-refractivity contribution >= 4 is 0 Å². The van der Waals surface area contributed by atoms with Crippen molar-refractivity contribution in [3.8, 4) is 0 Å². The molecule has 4 aliphatic rings. The Kier molecular flexibility index (Phi) is 4.78. The molecular weight excluding hydrogens is 345 g/mol. The van der Waals surface area contributed by atoms with Gasteiger partial charge in [-0.05, 0) is 55.7 Å². The molecule has 0 unspecified atom stereocenters. The summed E-state index contributed by atoms with van der Waals surface area (Å²) in [6.45, 7) is 4.13. The van der Waals surface area contributed by atoms with Gasteiger partial charge in [0.15, 0.2) is 17.5 Å². The highest BCUT2D eigenvalue weighted by Gasteiger charge is 2.56. The second-order valence-corrected chi connectivity index (χ2v) is 8.07. The van der Waals surface area contributed by atoms with Crippen LogP contribution in [0.1, 0.15) is 56.9 Å². The quantitative estimate of drug-likeness (QED) is 0.706. The largest absolute Gasteiger partial charge is 0.326 e. The molecule has 1 saturated carbocycles. The van der Waals surface area contributed by atoms with E-state index in [1.807, 2.05) is 0 Å². The van der Waals surface area contributed by atoms with Crippen LogP contribution in [0, 0.1) is 28.8 Å². The fraction of sp³-hybridized carbons (Fsp3) is 0.700. The van der Waals surface area contributed by atoms with Crippen LogP contribution in [0.25, 0.3) is 0 Å². The molecule has 1 aliphatic carbocycles. The van der Waals surface area contributed by atoms with Gasteiger partial charge in [0.2, 0.25) is 0 Å². The van der Waals surface area contributed by atoms with Crippen molar-refractivity contribution in [2.45, 2.75) is 57.3 Å². The Morgan fingerprint density at radius 1 is 0.923 bits per heavy atom. The van der Waals surface area contributed by atoms with Gasteiger partial charge in [-0.2, -0.15) is 0 Å². The summed E-state index contributed by atoms with van der Waals surface area (Å²) in [7, 11) is 0. The number of benzene rings is 1. The van der Waals surface area contributed by atoms with Gasteiger partial charge < -0.3 is 14.2 Å². The zero-order chi connectivity index (χ0) is 18.4. The van der Waals surface area contributed by atoms with Crippen molar-refractivity contribution in [1.82, 2.24) is 0 Å². The average Bonchev–Trinajstić information content (AvgIpc) is 2.67. The highest BCUT2D eigenvalue weighted by atomic mass is 19.2. The summed E-state index contributed by atoms with van der Waals surface area (Å²) in [6, 6.07) is 2.23. The van der Waals surface area contributed by atoms with E-state index >= 15 is 0 Å². The molecule has 0 N–H and O–H groups in total. The molecule has 26 heavy (non-hydrogen) atoms. The normalized spacial score (nSPS) is 37.1. The molecule has 3 heterocycles. The average molecular weight is 370 g/mol. The van der Waals surface area contributed by atoms with Crippen LogP contribution in [-0.4, -0.2) is 25.8 Å². The summed E-state index contributed by atoms with van der Waals surface area (Å²) in [6.07, 6.45) is 5.15. The van der Waals surface area contributed by atoms with Crippen LogP contribution >= 0.6 is 0 Å². The number of fused-ring (bicyclic) bond motifs is 3. The second kappa shape index (κ2) is 6.80. The van der Waals surface area contributed by atoms with E-state index in [1.54, 1.807) is 0 Å². The molecule has 0 aromatic heterocycles. The van der Waals surface area contributed by atoms with Gasteiger partial charge in [-0.15, -0.1) is 0 Å². The minimum absolute atomic E-state index is 0.0126. The van der Waals surface area contributed by atoms with Crippen LogP contribution in [0.5, 0.6) is 0 Å². The van der Waals surface area contributed by atoms with Crippen LogP contribution in [0.2, 0.25) is 0 Å². The maximum atomic E-state index is 13.5. The Hall–Kier alpha value is -1.11. The van der Waals surface area contributed by atoms with E-state index in [4.69, 9.17) is 14.2 Å². The molecular formula is C20H25F3O3. The van der Waals surface area contributed by atoms with E-state index in [1.165, 1.54) is 0 Å². The standard InChI is InChI=1S/C20H25F3O3/c1-2-7-19-10-24-20(25-11-19,26-12-19)15-5-3-13(4-6-15)14-8-16(21)18(23)17(22)9-14/h8-9,13,15H,2-7,10-12H2,1H3. The van der Waals surface area contributed by atoms with Gasteiger partial charge in [0.25, 0.3) is 5.97 Å². The van der Waals surface area contributed by atoms with Crippen LogP contribution in [0.4, 0.5) is 13.2 Å². The lowest BCUT2D eigenvalue weighted by molar-refractivity contribution is -0.488. The summed E-state index contributed by atoms with van der Waals surface area (Å²) in [5, 5.41) is 0. The smallest absolute Gasteiger partial charge is 0.285 e. The van der Waals surface area contributed by atoms with Gasteiger partial charge in [-0.3, -0.25) is 0 Å². The SMILES string of the molecule is CCCC12COC(C3CCC(c4cc(F)c(F)c(F)c4)CC3)(OC1)OC2. The minimum atomic E-state index is -1.41. The molecule has 0 radical (unpaired) electrons. The third-order valence-corrected chi connectivity index (χ3v) is 6.22. The first-order valence-electron chi connectivity index (χ1n) is 9.53. The van der Waals surface area contributed by atoms with Crippen molar-refractivity contribution in [3.63, 3.8) is 0 Å². The topological polar surface area (TPSA) is 27.7 Å². The highest BCUT2D eigenvalue weighted by molar-refractivity contribution is 5.23. The molecule has 0 amide bonds. The van der Waals surface area contributed by atoms with Crippen LogP contribution in [0.15, 0.2) is 12.1 Å². The molecule has 3 aliphatic heterocycles. The van der Waals surface area contributed by atoms with Crippen LogP contribution in [-0.2, 0) is 14.2 Å². The van der Waals surface area contributed by atoms with E-state index < -0.39 is 23.4 Å². The van der Waals surface area contributed by atoms with Gasteiger partial charge >= 0.3 is 0 Å². The van der Waals surface area contributed by atoms with E-state index in [0.29, 0.717) is 25.4 Å². The molecule has 144 valence electrons. The minimum Gasteiger partial charge on any atom is -0.326 e. The maximum Gasteiger partial charge on any atom is 0.285 e. The van der Waals surface area contributed by atoms with Gasteiger partial charge in [0.05, 0.1) is 19.8 Å². The Morgan fingerprint density at radius 3 is 1.96 bits per heavy atom. The molecule has 0 atom stereocenters. The molecule has 1 aromatic carbocycles. The van der Waals surface area contributed by atoms with E-state index in [0.717, 1.165) is 50.7 Å². The molecule has 5 rings (SSSR count). The third-order valence-electron chi connectivity index (χ3n) is 6.22. The summed E-state index contributed by atoms with van der Waals surface area (Å²) in [4.78, 5) is 0. The molecule has 3 saturated heterocycles. The molecule has 6 heteroatoms. The molecule has 1 aromatic rings. The molecule has 3 nitrogen and oxygen atoms in total. The number of rotatable bonds is 4. The van der Waals surface area contributed by atoms with Crippen LogP contribution in [0.3, 0.4) is 0 Å². The number of ether oxygens (including phenoxy) is 3. The summed E-state index contributed by atoms with van der Waals surface area (Å²) in [5.74, 6) is -4.49. The lowest BCUT2D eigenvalue weighted by Crippen LogP contribution is -2.63. The Bertz CT molecular complexity index is 623. The molecule has 2 bridgehead atoms. The Labute approximate surface area is 151 Å². The van der Waals surface area contributed by atoms with Crippen molar-refractivity contribution in [2.24, 2.45) is 11.3 Å². The zero-order valence-electron chi connectivity index (χ0n) is 15.0. The van der Waals surface area contributed by atoms with Crippen molar-refractivity contribution < 1.29 is 27.4 Å². The van der Waals surface area contributed by atoms with Gasteiger partial charge in [0.1, 0.15) is 0 Å². The summed E-state index contributed by atoms with van der Waals surface area (Å²) < 4.78 is 58.3. The second-order valence-electron chi connectivity index (χ2n) is 8.07. The monoisotopic (exact) mass is 370 g/mol. The fourth-order valence-corrected chi connectivity index (χ4v) is 4.70. The molecule has 4 fully saturated rings. The fourth-order valence-electron chi connectivity index (χ4n) is 4.70. The Balaban J connectivity index is 1.40. The highest BCUT2D eigenvalue weighted by Crippen LogP contribution is 2.49. The summed E-state index contributed by atoms with van der Waals surface area (Å²) in [5.41, 5.74) is 0.506. The van der Waals surface area contributed by atoms with Crippen molar-refractivity contribution in [3.05, 3.63) is 35.1 Å². The van der Waals surface area contributed by atoms with Crippen molar-refractivity contribution in [1.29, 1.82) is 0 Å². The lowest BCUT2D eigenvalue weighted by atomic mass is 9.76. The van der Waals surface area contributed by atoms with E-state index in [9.17, 15) is 13.2 Å². The third kappa shape index (κ3) is 3.06. The first kappa shape index (κ1) is 18.3. The Morgan fingerprint density at radius 2 is 1.46 bits per heavy atom. The predicted octanol–water partition coefficient (Wildman–Crippen LogP) is 4.90. The predicted molar refractivity (Wildman–Crippen MR) is 88.9 cm³/mol. The van der Waals surface area contributed by atoms with Gasteiger partial charge in [0, 0.05) is 11.3 Å². The zero-order valence-corrected chi connectivity index (χ0v) is 15.0. The molecule has 0 spiro atoms. The number of hydrogen-bond acceptors (Lipinski definition) is 3.